The van der Waals surface area contributed by atoms with Crippen molar-refractivity contribution in [3.8, 4) is 0 Å². The van der Waals surface area contributed by atoms with Crippen molar-refractivity contribution < 1.29 is 14.3 Å². The molecule has 1 N–H and O–H groups in total. The summed E-state index contributed by atoms with van der Waals surface area (Å²) in [6.45, 7) is 3.83. The summed E-state index contributed by atoms with van der Waals surface area (Å²) in [7, 11) is 0. The van der Waals surface area contributed by atoms with Crippen LogP contribution in [0.3, 0.4) is 0 Å². The van der Waals surface area contributed by atoms with Crippen LogP contribution in [0, 0.1) is 13.8 Å². The van der Waals surface area contributed by atoms with Gasteiger partial charge in [-0.25, -0.2) is 0 Å². The number of aryl methyl sites for hydroxylation is 3. The Morgan fingerprint density at radius 3 is 2.68 bits per heavy atom. The van der Waals surface area contributed by atoms with Gasteiger partial charge in [0.25, 0.3) is 0 Å². The van der Waals surface area contributed by atoms with Gasteiger partial charge in [0.15, 0.2) is 5.43 Å². The monoisotopic (exact) mass is 260 g/mol. The third-order valence-electron chi connectivity index (χ3n) is 3.04. The molecular formula is C15H16O4. The fourth-order valence-electron chi connectivity index (χ4n) is 2.25. The molecule has 0 fully saturated rings. The third-order valence-corrected chi connectivity index (χ3v) is 3.04. The van der Waals surface area contributed by atoms with Crippen molar-refractivity contribution in [2.24, 2.45) is 0 Å². The van der Waals surface area contributed by atoms with E-state index in [1.54, 1.807) is 0 Å². The molecule has 1 aromatic carbocycles. The molecular weight excluding hydrogens is 244 g/mol. The molecule has 4 nitrogen and oxygen atoms in total. The van der Waals surface area contributed by atoms with Gasteiger partial charge in [0.05, 0.1) is 5.39 Å². The summed E-state index contributed by atoms with van der Waals surface area (Å²) >= 11 is 0. The Labute approximate surface area is 110 Å². The Bertz CT molecular complexity index is 682. The van der Waals surface area contributed by atoms with Gasteiger partial charge in [-0.3, -0.25) is 9.59 Å². The highest BCUT2D eigenvalue weighted by molar-refractivity contribution is 5.80. The van der Waals surface area contributed by atoms with Crippen LogP contribution in [0.15, 0.2) is 27.4 Å². The summed E-state index contributed by atoms with van der Waals surface area (Å²) in [5.41, 5.74) is 2.45. The molecule has 2 aromatic rings. The first-order valence-corrected chi connectivity index (χ1v) is 6.23. The van der Waals surface area contributed by atoms with E-state index in [0.29, 0.717) is 29.6 Å². The number of carbonyl (C=O) groups is 1. The van der Waals surface area contributed by atoms with Crippen LogP contribution in [-0.2, 0) is 11.2 Å². The van der Waals surface area contributed by atoms with Crippen molar-refractivity contribution in [3.05, 3.63) is 45.3 Å². The fraction of sp³-hybridized carbons (Fsp3) is 0.333. The van der Waals surface area contributed by atoms with E-state index in [1.165, 1.54) is 6.07 Å². The maximum atomic E-state index is 12.1. The highest BCUT2D eigenvalue weighted by Crippen LogP contribution is 2.19. The van der Waals surface area contributed by atoms with Gasteiger partial charge >= 0.3 is 5.97 Å². The van der Waals surface area contributed by atoms with E-state index in [9.17, 15) is 9.59 Å². The average Bonchev–Trinajstić information content (AvgIpc) is 2.26. The second kappa shape index (κ2) is 5.26. The quantitative estimate of drug-likeness (QED) is 0.917. The topological polar surface area (TPSA) is 67.5 Å². The van der Waals surface area contributed by atoms with Crippen LogP contribution in [0.25, 0.3) is 11.0 Å². The zero-order valence-corrected chi connectivity index (χ0v) is 11.0. The van der Waals surface area contributed by atoms with Gasteiger partial charge in [-0.2, -0.15) is 0 Å². The van der Waals surface area contributed by atoms with Gasteiger partial charge in [0.2, 0.25) is 0 Å². The van der Waals surface area contributed by atoms with Crippen LogP contribution in [0.5, 0.6) is 0 Å². The number of hydrogen-bond acceptors (Lipinski definition) is 3. The first-order chi connectivity index (χ1) is 8.97. The Balaban J connectivity index is 2.38. The second-order valence-corrected chi connectivity index (χ2v) is 4.78. The predicted octanol–water partition coefficient (Wildman–Crippen LogP) is 2.82. The molecule has 0 saturated heterocycles. The Kier molecular flexibility index (Phi) is 3.69. The molecule has 4 heteroatoms. The van der Waals surface area contributed by atoms with Crippen molar-refractivity contribution in [1.82, 2.24) is 0 Å². The molecule has 0 unspecified atom stereocenters. The summed E-state index contributed by atoms with van der Waals surface area (Å²) in [5, 5.41) is 9.20. The van der Waals surface area contributed by atoms with Crippen molar-refractivity contribution in [2.45, 2.75) is 33.1 Å². The molecule has 1 aromatic heterocycles. The number of carboxylic acid groups (broad SMARTS) is 1. The molecule has 100 valence electrons. The number of carboxylic acids is 1. The number of aliphatic carboxylic acids is 1. The number of fused-ring (bicyclic) bond motifs is 1. The van der Waals surface area contributed by atoms with Crippen molar-refractivity contribution in [3.63, 3.8) is 0 Å². The minimum absolute atomic E-state index is 0.0657. The summed E-state index contributed by atoms with van der Waals surface area (Å²) < 4.78 is 5.69. The molecule has 0 aliphatic heterocycles. The van der Waals surface area contributed by atoms with Gasteiger partial charge < -0.3 is 9.52 Å². The smallest absolute Gasteiger partial charge is 0.303 e. The fourth-order valence-corrected chi connectivity index (χ4v) is 2.25. The Morgan fingerprint density at radius 2 is 2.00 bits per heavy atom. The highest BCUT2D eigenvalue weighted by atomic mass is 16.4. The zero-order valence-electron chi connectivity index (χ0n) is 11.0. The van der Waals surface area contributed by atoms with Gasteiger partial charge in [0.1, 0.15) is 11.3 Å². The maximum Gasteiger partial charge on any atom is 0.303 e. The first-order valence-electron chi connectivity index (χ1n) is 6.23. The Morgan fingerprint density at radius 1 is 1.26 bits per heavy atom. The second-order valence-electron chi connectivity index (χ2n) is 4.78. The molecule has 0 amide bonds. The number of benzene rings is 1. The van der Waals surface area contributed by atoms with E-state index < -0.39 is 5.97 Å². The number of rotatable bonds is 4. The van der Waals surface area contributed by atoms with Crippen molar-refractivity contribution in [2.75, 3.05) is 0 Å². The van der Waals surface area contributed by atoms with E-state index in [2.05, 4.69) is 0 Å². The molecule has 0 bridgehead atoms. The van der Waals surface area contributed by atoms with Crippen LogP contribution in [-0.4, -0.2) is 11.1 Å². The standard InChI is InChI=1S/C15H16O4/c1-9-6-10(2)15-12(16)8-11(19-13(15)7-9)4-3-5-14(17)18/h6-8H,3-5H2,1-2H3,(H,17,18). The minimum atomic E-state index is -0.838. The lowest BCUT2D eigenvalue weighted by Crippen LogP contribution is -2.05. The van der Waals surface area contributed by atoms with Gasteiger partial charge in [-0.05, 0) is 37.5 Å². The average molecular weight is 260 g/mol. The molecule has 2 rings (SSSR count). The van der Waals surface area contributed by atoms with Crippen LogP contribution >= 0.6 is 0 Å². The lowest BCUT2D eigenvalue weighted by molar-refractivity contribution is -0.137. The van der Waals surface area contributed by atoms with E-state index in [4.69, 9.17) is 9.52 Å². The summed E-state index contributed by atoms with van der Waals surface area (Å²) in [6, 6.07) is 5.25. The van der Waals surface area contributed by atoms with Crippen LogP contribution in [0.2, 0.25) is 0 Å². The van der Waals surface area contributed by atoms with Gasteiger partial charge in [-0.15, -0.1) is 0 Å². The number of hydrogen-bond donors (Lipinski definition) is 1. The first kappa shape index (κ1) is 13.3. The lowest BCUT2D eigenvalue weighted by atomic mass is 10.1. The van der Waals surface area contributed by atoms with E-state index in [1.807, 2.05) is 26.0 Å². The van der Waals surface area contributed by atoms with Crippen LogP contribution in [0.1, 0.15) is 29.7 Å². The van der Waals surface area contributed by atoms with Crippen LogP contribution in [0.4, 0.5) is 0 Å². The van der Waals surface area contributed by atoms with Gasteiger partial charge in [-0.1, -0.05) is 6.07 Å². The van der Waals surface area contributed by atoms with E-state index in [-0.39, 0.29) is 11.8 Å². The largest absolute Gasteiger partial charge is 0.481 e. The molecule has 1 heterocycles. The normalized spacial score (nSPS) is 10.8. The summed E-state index contributed by atoms with van der Waals surface area (Å²) in [5.74, 6) is -0.293. The predicted molar refractivity (Wildman–Crippen MR) is 72.5 cm³/mol. The SMILES string of the molecule is Cc1cc(C)c2c(=O)cc(CCCC(=O)O)oc2c1. The van der Waals surface area contributed by atoms with Crippen LogP contribution < -0.4 is 5.43 Å². The van der Waals surface area contributed by atoms with E-state index >= 15 is 0 Å². The molecule has 0 aliphatic rings. The summed E-state index contributed by atoms with van der Waals surface area (Å²) in [4.78, 5) is 22.5. The molecule has 0 atom stereocenters. The van der Waals surface area contributed by atoms with Crippen molar-refractivity contribution >= 4 is 16.9 Å². The highest BCUT2D eigenvalue weighted by Gasteiger charge is 2.08. The zero-order chi connectivity index (χ0) is 14.0. The Hall–Kier alpha value is -2.10. The maximum absolute atomic E-state index is 12.1. The van der Waals surface area contributed by atoms with E-state index in [0.717, 1.165) is 11.1 Å². The van der Waals surface area contributed by atoms with Crippen molar-refractivity contribution in [1.29, 1.82) is 0 Å². The lowest BCUT2D eigenvalue weighted by Gasteiger charge is -2.05. The summed E-state index contributed by atoms with van der Waals surface area (Å²) in [6.07, 6.45) is 1.01. The third kappa shape index (κ3) is 3.02. The minimum Gasteiger partial charge on any atom is -0.481 e. The molecule has 19 heavy (non-hydrogen) atoms. The van der Waals surface area contributed by atoms with Gasteiger partial charge in [0, 0.05) is 18.9 Å². The molecule has 0 spiro atoms. The molecule has 0 saturated carbocycles. The molecule has 0 aliphatic carbocycles. The molecule has 0 radical (unpaired) electrons.